The smallest absolute Gasteiger partial charge is 0.248 e. The molecule has 3 amide bonds. The van der Waals surface area contributed by atoms with Crippen molar-refractivity contribution in [1.29, 1.82) is 0 Å². The average molecular weight is 417 g/mol. The number of hydrogen-bond donors (Lipinski definition) is 1. The molecule has 2 aromatic carbocycles. The van der Waals surface area contributed by atoms with Crippen LogP contribution in [0.1, 0.15) is 36.0 Å². The number of benzene rings is 2. The Kier molecular flexibility index (Phi) is 4.92. The summed E-state index contributed by atoms with van der Waals surface area (Å²) in [6.07, 6.45) is 3.36. The second kappa shape index (κ2) is 7.63. The Labute approximate surface area is 182 Å². The van der Waals surface area contributed by atoms with E-state index < -0.39 is 6.04 Å². The summed E-state index contributed by atoms with van der Waals surface area (Å²) in [6.45, 7) is 3.96. The fourth-order valence-corrected chi connectivity index (χ4v) is 6.15. The zero-order chi connectivity index (χ0) is 21.7. The van der Waals surface area contributed by atoms with Crippen LogP contribution in [0.3, 0.4) is 0 Å². The van der Waals surface area contributed by atoms with Gasteiger partial charge in [-0.2, -0.15) is 0 Å². The molecule has 1 aliphatic heterocycles. The third-order valence-electron chi connectivity index (χ3n) is 7.34. The molecule has 160 valence electrons. The van der Waals surface area contributed by atoms with Gasteiger partial charge < -0.3 is 5.32 Å². The van der Waals surface area contributed by atoms with Gasteiger partial charge in [-0.15, -0.1) is 0 Å². The van der Waals surface area contributed by atoms with E-state index in [9.17, 15) is 14.4 Å². The van der Waals surface area contributed by atoms with E-state index in [-0.39, 0.29) is 29.6 Å². The van der Waals surface area contributed by atoms with Gasteiger partial charge in [-0.05, 0) is 73.8 Å². The molecule has 2 aliphatic carbocycles. The first-order chi connectivity index (χ1) is 14.9. The third kappa shape index (κ3) is 3.46. The summed E-state index contributed by atoms with van der Waals surface area (Å²) < 4.78 is 0. The van der Waals surface area contributed by atoms with Crippen molar-refractivity contribution >= 4 is 23.4 Å². The van der Waals surface area contributed by atoms with Crippen LogP contribution in [0, 0.1) is 37.5 Å². The van der Waals surface area contributed by atoms with E-state index in [2.05, 4.69) is 5.32 Å². The molecule has 0 spiro atoms. The average Bonchev–Trinajstić information content (AvgIpc) is 3.40. The summed E-state index contributed by atoms with van der Waals surface area (Å²) in [4.78, 5) is 41.6. The van der Waals surface area contributed by atoms with E-state index in [4.69, 9.17) is 0 Å². The third-order valence-corrected chi connectivity index (χ3v) is 7.34. The highest BCUT2D eigenvalue weighted by atomic mass is 16.2. The maximum absolute atomic E-state index is 13.5. The lowest BCUT2D eigenvalue weighted by Crippen LogP contribution is -2.49. The van der Waals surface area contributed by atoms with Gasteiger partial charge in [0, 0.05) is 12.1 Å². The van der Waals surface area contributed by atoms with Crippen molar-refractivity contribution in [3.05, 3.63) is 65.2 Å². The Morgan fingerprint density at radius 2 is 1.55 bits per heavy atom. The van der Waals surface area contributed by atoms with Crippen LogP contribution in [0.15, 0.2) is 48.5 Å². The zero-order valence-electron chi connectivity index (χ0n) is 18.0. The van der Waals surface area contributed by atoms with Gasteiger partial charge in [-0.25, -0.2) is 0 Å². The fraction of sp³-hybridized carbons (Fsp3) is 0.423. The normalized spacial score (nSPS) is 27.5. The molecule has 2 bridgehead atoms. The Hall–Kier alpha value is -2.95. The molecule has 3 fully saturated rings. The number of nitrogens with one attached hydrogen (secondary N) is 1. The molecule has 1 N–H and O–H groups in total. The summed E-state index contributed by atoms with van der Waals surface area (Å²) in [6, 6.07) is 14.6. The molecule has 0 unspecified atom stereocenters. The Balaban J connectivity index is 1.46. The van der Waals surface area contributed by atoms with Crippen LogP contribution in [-0.4, -0.2) is 28.7 Å². The summed E-state index contributed by atoms with van der Waals surface area (Å²) in [5, 5.41) is 2.98. The number of carbonyl (C=O) groups excluding carboxylic acids is 3. The molecule has 3 aliphatic rings. The lowest BCUT2D eigenvalue weighted by molar-refractivity contribution is -0.147. The van der Waals surface area contributed by atoms with Crippen LogP contribution in [0.25, 0.3) is 0 Å². The summed E-state index contributed by atoms with van der Waals surface area (Å²) in [7, 11) is 0. The standard InChI is InChI=1S/C26H28N2O3/c1-15-10-16(2)12-20(11-15)27-24(29)21(13-17-6-4-3-5-7-17)28-25(30)22-18-8-9-19(14-18)23(22)26(28)31/h3-7,10-12,18-19,21-23H,8-9,13-14H2,1-2H3,(H,27,29)/t18-,19-,21-,22-,23+/m0/s1. The first-order valence-electron chi connectivity index (χ1n) is 11.2. The minimum absolute atomic E-state index is 0.140. The highest BCUT2D eigenvalue weighted by molar-refractivity contribution is 6.10. The second-order valence-electron chi connectivity index (χ2n) is 9.50. The molecule has 5 atom stereocenters. The van der Waals surface area contributed by atoms with E-state index in [0.717, 1.165) is 36.0 Å². The number of rotatable bonds is 5. The number of amides is 3. The quantitative estimate of drug-likeness (QED) is 0.752. The summed E-state index contributed by atoms with van der Waals surface area (Å²) >= 11 is 0. The molecule has 0 aromatic heterocycles. The first-order valence-corrected chi connectivity index (χ1v) is 11.2. The molecule has 0 radical (unpaired) electrons. The summed E-state index contributed by atoms with van der Waals surface area (Å²) in [5.74, 6) is -0.426. The maximum Gasteiger partial charge on any atom is 0.248 e. The number of likely N-dealkylation sites (tertiary alicyclic amines) is 1. The van der Waals surface area contributed by atoms with E-state index in [0.29, 0.717) is 23.9 Å². The van der Waals surface area contributed by atoms with Crippen molar-refractivity contribution < 1.29 is 14.4 Å². The van der Waals surface area contributed by atoms with Crippen molar-refractivity contribution in [3.8, 4) is 0 Å². The molecule has 5 rings (SSSR count). The minimum Gasteiger partial charge on any atom is -0.324 e. The molecule has 2 saturated carbocycles. The predicted molar refractivity (Wildman–Crippen MR) is 118 cm³/mol. The molecular weight excluding hydrogens is 388 g/mol. The number of nitrogens with zero attached hydrogens (tertiary/aromatic N) is 1. The van der Waals surface area contributed by atoms with Gasteiger partial charge in [-0.1, -0.05) is 36.4 Å². The van der Waals surface area contributed by atoms with Gasteiger partial charge in [-0.3, -0.25) is 19.3 Å². The van der Waals surface area contributed by atoms with Gasteiger partial charge in [0.1, 0.15) is 6.04 Å². The van der Waals surface area contributed by atoms with Gasteiger partial charge in [0.05, 0.1) is 11.8 Å². The first kappa shape index (κ1) is 20.0. The Morgan fingerprint density at radius 1 is 0.968 bits per heavy atom. The lowest BCUT2D eigenvalue weighted by Gasteiger charge is -2.27. The zero-order valence-corrected chi connectivity index (χ0v) is 18.0. The molecule has 1 heterocycles. The predicted octanol–water partition coefficient (Wildman–Crippen LogP) is 3.88. The van der Waals surface area contributed by atoms with Crippen LogP contribution in [0.5, 0.6) is 0 Å². The van der Waals surface area contributed by atoms with Gasteiger partial charge in [0.25, 0.3) is 0 Å². The van der Waals surface area contributed by atoms with Crippen molar-refractivity contribution in [2.24, 2.45) is 23.7 Å². The molecule has 1 saturated heterocycles. The van der Waals surface area contributed by atoms with Gasteiger partial charge >= 0.3 is 0 Å². The molecule has 2 aromatic rings. The Bertz CT molecular complexity index is 1000. The highest BCUT2D eigenvalue weighted by Gasteiger charge is 2.62. The van der Waals surface area contributed by atoms with Crippen LogP contribution >= 0.6 is 0 Å². The fourth-order valence-electron chi connectivity index (χ4n) is 6.15. The van der Waals surface area contributed by atoms with E-state index in [1.807, 2.05) is 62.4 Å². The number of carbonyl (C=O) groups is 3. The molecule has 31 heavy (non-hydrogen) atoms. The van der Waals surface area contributed by atoms with Crippen molar-refractivity contribution in [2.75, 3.05) is 5.32 Å². The van der Waals surface area contributed by atoms with Gasteiger partial charge in [0.2, 0.25) is 17.7 Å². The molecule has 5 heteroatoms. The summed E-state index contributed by atoms with van der Waals surface area (Å²) in [5.41, 5.74) is 3.73. The molecular formula is C26H28N2O3. The van der Waals surface area contributed by atoms with Crippen LogP contribution in [-0.2, 0) is 20.8 Å². The minimum atomic E-state index is -0.840. The van der Waals surface area contributed by atoms with E-state index in [1.54, 1.807) is 0 Å². The van der Waals surface area contributed by atoms with E-state index >= 15 is 0 Å². The number of hydrogen-bond acceptors (Lipinski definition) is 3. The van der Waals surface area contributed by atoms with Gasteiger partial charge in [0.15, 0.2) is 0 Å². The number of anilines is 1. The van der Waals surface area contributed by atoms with Crippen LogP contribution in [0.2, 0.25) is 0 Å². The lowest BCUT2D eigenvalue weighted by atomic mass is 9.81. The van der Waals surface area contributed by atoms with Crippen LogP contribution in [0.4, 0.5) is 5.69 Å². The second-order valence-corrected chi connectivity index (χ2v) is 9.50. The maximum atomic E-state index is 13.5. The largest absolute Gasteiger partial charge is 0.324 e. The van der Waals surface area contributed by atoms with Crippen molar-refractivity contribution in [1.82, 2.24) is 4.90 Å². The molecule has 5 nitrogen and oxygen atoms in total. The number of imide groups is 1. The highest BCUT2D eigenvalue weighted by Crippen LogP contribution is 2.56. The van der Waals surface area contributed by atoms with E-state index in [1.165, 1.54) is 4.90 Å². The van der Waals surface area contributed by atoms with Crippen LogP contribution < -0.4 is 5.32 Å². The monoisotopic (exact) mass is 416 g/mol. The SMILES string of the molecule is Cc1cc(C)cc(NC(=O)[C@H](Cc2ccccc2)N2C(=O)[C@@H]3[C@H]4CC[C@@H](C4)[C@@H]3C2=O)c1. The van der Waals surface area contributed by atoms with Crippen molar-refractivity contribution in [3.63, 3.8) is 0 Å². The van der Waals surface area contributed by atoms with Crippen molar-refractivity contribution in [2.45, 2.75) is 45.6 Å². The number of fused-ring (bicyclic) bond motifs is 5. The topological polar surface area (TPSA) is 66.5 Å². The Morgan fingerprint density at radius 3 is 2.13 bits per heavy atom. The number of aryl methyl sites for hydroxylation is 2.